The molecule has 12 heavy (non-hydrogen) atoms. The lowest BCUT2D eigenvalue weighted by Crippen LogP contribution is -2.34. The molecular formula is C5H3Cl3N4. The maximum atomic E-state index is 5.79. The standard InChI is InChI=1S/C5H3Cl3N4/c6-2-1-3(7)11-12-4(1)10-5(8)9-2/h1,4,12H. The van der Waals surface area contributed by atoms with Crippen LogP contribution in [-0.4, -0.2) is 21.8 Å². The molecule has 0 aromatic rings. The molecule has 0 aromatic heterocycles. The third-order valence-corrected chi connectivity index (χ3v) is 2.40. The molecule has 0 radical (unpaired) electrons. The summed E-state index contributed by atoms with van der Waals surface area (Å²) in [6.45, 7) is 0. The van der Waals surface area contributed by atoms with Crippen LogP contribution in [0.4, 0.5) is 0 Å². The van der Waals surface area contributed by atoms with Crippen molar-refractivity contribution < 1.29 is 0 Å². The zero-order valence-electron chi connectivity index (χ0n) is 5.63. The van der Waals surface area contributed by atoms with Gasteiger partial charge in [-0.1, -0.05) is 23.2 Å². The molecule has 2 aliphatic rings. The van der Waals surface area contributed by atoms with Gasteiger partial charge in [-0.2, -0.15) is 5.10 Å². The van der Waals surface area contributed by atoms with Crippen molar-refractivity contribution in [3.63, 3.8) is 0 Å². The van der Waals surface area contributed by atoms with Crippen LogP contribution in [-0.2, 0) is 0 Å². The largest absolute Gasteiger partial charge is 0.284 e. The topological polar surface area (TPSA) is 49.1 Å². The molecule has 2 aliphatic heterocycles. The van der Waals surface area contributed by atoms with E-state index < -0.39 is 0 Å². The number of halogens is 3. The zero-order chi connectivity index (χ0) is 8.72. The first-order valence-corrected chi connectivity index (χ1v) is 4.28. The summed E-state index contributed by atoms with van der Waals surface area (Å²) in [5, 5.41) is 4.57. The first-order chi connectivity index (χ1) is 5.68. The van der Waals surface area contributed by atoms with E-state index in [9.17, 15) is 0 Å². The van der Waals surface area contributed by atoms with Crippen LogP contribution in [0.5, 0.6) is 0 Å². The van der Waals surface area contributed by atoms with Crippen molar-refractivity contribution in [1.82, 2.24) is 5.43 Å². The minimum absolute atomic E-state index is 0.121. The van der Waals surface area contributed by atoms with Gasteiger partial charge in [0.25, 0.3) is 0 Å². The summed E-state index contributed by atoms with van der Waals surface area (Å²) in [6, 6.07) is 0. The van der Waals surface area contributed by atoms with E-state index in [1.807, 2.05) is 0 Å². The fourth-order valence-electron chi connectivity index (χ4n) is 1.04. The van der Waals surface area contributed by atoms with Crippen LogP contribution >= 0.6 is 34.8 Å². The fraction of sp³-hybridized carbons (Fsp3) is 0.400. The Balaban J connectivity index is 2.35. The summed E-state index contributed by atoms with van der Waals surface area (Å²) in [5.74, 6) is -0.268. The fourth-order valence-corrected chi connectivity index (χ4v) is 1.90. The van der Waals surface area contributed by atoms with Crippen LogP contribution in [0, 0.1) is 5.92 Å². The third kappa shape index (κ3) is 1.20. The van der Waals surface area contributed by atoms with Gasteiger partial charge in [0.1, 0.15) is 16.3 Å². The van der Waals surface area contributed by atoms with Gasteiger partial charge >= 0.3 is 0 Å². The summed E-state index contributed by atoms with van der Waals surface area (Å²) >= 11 is 17.1. The zero-order valence-corrected chi connectivity index (χ0v) is 7.90. The van der Waals surface area contributed by atoms with E-state index in [1.54, 1.807) is 0 Å². The SMILES string of the molecule is ClC1=NC2NN=C(Cl)C2C(Cl)=N1. The molecule has 0 amide bonds. The van der Waals surface area contributed by atoms with Crippen LogP contribution in [0.2, 0.25) is 0 Å². The Morgan fingerprint density at radius 3 is 2.67 bits per heavy atom. The van der Waals surface area contributed by atoms with Crippen LogP contribution in [0.1, 0.15) is 0 Å². The van der Waals surface area contributed by atoms with Crippen molar-refractivity contribution >= 4 is 50.4 Å². The molecule has 0 saturated carbocycles. The van der Waals surface area contributed by atoms with Gasteiger partial charge in [-0.3, -0.25) is 5.43 Å². The lowest BCUT2D eigenvalue weighted by Gasteiger charge is -2.16. The van der Waals surface area contributed by atoms with E-state index in [0.717, 1.165) is 0 Å². The lowest BCUT2D eigenvalue weighted by atomic mass is 10.1. The van der Waals surface area contributed by atoms with Crippen molar-refractivity contribution in [2.45, 2.75) is 6.17 Å². The van der Waals surface area contributed by atoms with Crippen molar-refractivity contribution in [3.8, 4) is 0 Å². The van der Waals surface area contributed by atoms with E-state index >= 15 is 0 Å². The second-order valence-corrected chi connectivity index (χ2v) is 3.43. The number of amidine groups is 1. The van der Waals surface area contributed by atoms with Gasteiger partial charge in [0.2, 0.25) is 5.29 Å². The molecule has 0 aliphatic carbocycles. The lowest BCUT2D eigenvalue weighted by molar-refractivity contribution is 0.565. The Morgan fingerprint density at radius 2 is 1.92 bits per heavy atom. The maximum absolute atomic E-state index is 5.79. The molecule has 4 nitrogen and oxygen atoms in total. The van der Waals surface area contributed by atoms with Gasteiger partial charge < -0.3 is 0 Å². The minimum Gasteiger partial charge on any atom is -0.284 e. The molecule has 0 saturated heterocycles. The van der Waals surface area contributed by atoms with Gasteiger partial charge in [0.05, 0.1) is 0 Å². The highest BCUT2D eigenvalue weighted by atomic mass is 35.5. The summed E-state index contributed by atoms with van der Waals surface area (Å²) in [5.41, 5.74) is 2.69. The summed E-state index contributed by atoms with van der Waals surface area (Å²) in [6.07, 6.45) is -0.296. The van der Waals surface area contributed by atoms with E-state index in [2.05, 4.69) is 20.5 Å². The van der Waals surface area contributed by atoms with E-state index in [4.69, 9.17) is 34.8 Å². The molecule has 0 aromatic carbocycles. The second kappa shape index (κ2) is 2.87. The Hall–Kier alpha value is -0.320. The smallest absolute Gasteiger partial charge is 0.221 e. The number of hydrogen-bond acceptors (Lipinski definition) is 4. The number of hydrazone groups is 1. The molecular weight excluding hydrogens is 222 g/mol. The molecule has 2 unspecified atom stereocenters. The van der Waals surface area contributed by atoms with Gasteiger partial charge in [-0.25, -0.2) is 9.98 Å². The summed E-state index contributed by atoms with van der Waals surface area (Å²) in [4.78, 5) is 7.71. The van der Waals surface area contributed by atoms with Crippen molar-refractivity contribution in [2.24, 2.45) is 21.0 Å². The first-order valence-electron chi connectivity index (χ1n) is 3.14. The average Bonchev–Trinajstić information content (AvgIpc) is 2.31. The predicted molar refractivity (Wildman–Crippen MR) is 50.3 cm³/mol. The highest BCUT2D eigenvalue weighted by Crippen LogP contribution is 2.24. The molecule has 0 bridgehead atoms. The van der Waals surface area contributed by atoms with Crippen molar-refractivity contribution in [1.29, 1.82) is 0 Å². The van der Waals surface area contributed by atoms with E-state index in [0.29, 0.717) is 10.3 Å². The first kappa shape index (κ1) is 8.29. The Morgan fingerprint density at radius 1 is 1.17 bits per heavy atom. The Labute approximate surface area is 83.3 Å². The van der Waals surface area contributed by atoms with E-state index in [-0.39, 0.29) is 17.4 Å². The number of hydrogen-bond donors (Lipinski definition) is 1. The van der Waals surface area contributed by atoms with Crippen LogP contribution in [0.15, 0.2) is 15.1 Å². The van der Waals surface area contributed by atoms with Crippen molar-refractivity contribution in [2.75, 3.05) is 0 Å². The quantitative estimate of drug-likeness (QED) is 0.621. The van der Waals surface area contributed by atoms with Gasteiger partial charge in [-0.15, -0.1) is 0 Å². The Kier molecular flexibility index (Phi) is 1.98. The van der Waals surface area contributed by atoms with Gasteiger partial charge in [-0.05, 0) is 11.6 Å². The van der Waals surface area contributed by atoms with Gasteiger partial charge in [0.15, 0.2) is 6.17 Å². The number of nitrogens with one attached hydrogen (secondary N) is 1. The Bertz CT molecular complexity index is 308. The van der Waals surface area contributed by atoms with Crippen molar-refractivity contribution in [3.05, 3.63) is 0 Å². The highest BCUT2D eigenvalue weighted by Gasteiger charge is 2.36. The molecule has 0 fully saturated rings. The normalized spacial score (nSPS) is 33.1. The second-order valence-electron chi connectivity index (χ2n) is 2.32. The molecule has 64 valence electrons. The maximum Gasteiger partial charge on any atom is 0.221 e. The molecule has 7 heteroatoms. The van der Waals surface area contributed by atoms with E-state index in [1.165, 1.54) is 0 Å². The molecule has 2 rings (SSSR count). The number of nitrogens with zero attached hydrogens (tertiary/aromatic N) is 3. The van der Waals surface area contributed by atoms with Gasteiger partial charge in [0, 0.05) is 0 Å². The minimum atomic E-state index is -0.296. The summed E-state index contributed by atoms with van der Waals surface area (Å²) < 4.78 is 0. The molecule has 0 spiro atoms. The monoisotopic (exact) mass is 224 g/mol. The number of fused-ring (bicyclic) bond motifs is 1. The molecule has 2 heterocycles. The average molecular weight is 225 g/mol. The predicted octanol–water partition coefficient (Wildman–Crippen LogP) is 1.33. The van der Waals surface area contributed by atoms with Crippen LogP contribution in [0.3, 0.4) is 0 Å². The van der Waals surface area contributed by atoms with Crippen LogP contribution < -0.4 is 5.43 Å². The summed E-state index contributed by atoms with van der Waals surface area (Å²) in [7, 11) is 0. The highest BCUT2D eigenvalue weighted by molar-refractivity contribution is 6.78. The number of aliphatic imine (C=N–C) groups is 2. The molecule has 1 N–H and O–H groups in total. The molecule has 2 atom stereocenters. The number of rotatable bonds is 0. The third-order valence-electron chi connectivity index (χ3n) is 1.58. The van der Waals surface area contributed by atoms with Crippen LogP contribution in [0.25, 0.3) is 0 Å².